The summed E-state index contributed by atoms with van der Waals surface area (Å²) in [5, 5.41) is 0. The molecule has 0 aliphatic rings. The van der Waals surface area contributed by atoms with Gasteiger partial charge in [0.1, 0.15) is 24.8 Å². The van der Waals surface area contributed by atoms with Crippen LogP contribution in [-0.2, 0) is 5.41 Å². The van der Waals surface area contributed by atoms with Crippen molar-refractivity contribution in [3.05, 3.63) is 29.6 Å². The lowest BCUT2D eigenvalue weighted by Gasteiger charge is -2.20. The maximum absolute atomic E-state index is 13.5. The van der Waals surface area contributed by atoms with E-state index in [4.69, 9.17) is 4.74 Å². The largest absolute Gasteiger partial charge is 0.491 e. The van der Waals surface area contributed by atoms with Crippen LogP contribution >= 0.6 is 0 Å². The zero-order chi connectivity index (χ0) is 11.5. The van der Waals surface area contributed by atoms with Gasteiger partial charge in [0.05, 0.1) is 0 Å². The first kappa shape index (κ1) is 12.0. The van der Waals surface area contributed by atoms with Crippen LogP contribution in [0, 0.1) is 5.82 Å². The summed E-state index contributed by atoms with van der Waals surface area (Å²) in [6.07, 6.45) is 0. The molecule has 0 saturated heterocycles. The first-order valence-electron chi connectivity index (χ1n) is 4.94. The molecule has 0 N–H and O–H groups in total. The van der Waals surface area contributed by atoms with E-state index in [9.17, 15) is 8.78 Å². The Morgan fingerprint density at radius 1 is 1.27 bits per heavy atom. The van der Waals surface area contributed by atoms with Gasteiger partial charge in [0, 0.05) is 0 Å². The third-order valence-corrected chi connectivity index (χ3v) is 2.09. The van der Waals surface area contributed by atoms with Gasteiger partial charge in [0.2, 0.25) is 0 Å². The fourth-order valence-corrected chi connectivity index (χ4v) is 1.33. The van der Waals surface area contributed by atoms with E-state index in [1.807, 2.05) is 20.8 Å². The summed E-state index contributed by atoms with van der Waals surface area (Å²) in [6, 6.07) is 4.50. The third kappa shape index (κ3) is 3.18. The number of hydrogen-bond donors (Lipinski definition) is 0. The minimum atomic E-state index is -0.539. The molecule has 0 spiro atoms. The highest BCUT2D eigenvalue weighted by Crippen LogP contribution is 2.28. The molecule has 0 amide bonds. The Morgan fingerprint density at radius 2 is 1.93 bits per heavy atom. The Kier molecular flexibility index (Phi) is 3.66. The van der Waals surface area contributed by atoms with Crippen molar-refractivity contribution in [3.8, 4) is 5.75 Å². The molecule has 0 fully saturated rings. The molecule has 1 rings (SSSR count). The Labute approximate surface area is 89.1 Å². The Hall–Kier alpha value is -1.12. The monoisotopic (exact) mass is 214 g/mol. The highest BCUT2D eigenvalue weighted by Gasteiger charge is 2.18. The van der Waals surface area contributed by atoms with Gasteiger partial charge in [0.15, 0.2) is 0 Å². The molecular weight excluding hydrogens is 198 g/mol. The zero-order valence-corrected chi connectivity index (χ0v) is 9.31. The van der Waals surface area contributed by atoms with Gasteiger partial charge < -0.3 is 4.74 Å². The summed E-state index contributed by atoms with van der Waals surface area (Å²) < 4.78 is 30.5. The standard InChI is InChI=1S/C12H16F2O/c1-12(2,3)10-8-9(15-7-6-13)4-5-11(10)14/h4-5,8H,6-7H2,1-3H3. The molecule has 0 aromatic heterocycles. The zero-order valence-electron chi connectivity index (χ0n) is 9.31. The first-order chi connectivity index (χ1) is 6.95. The highest BCUT2D eigenvalue weighted by molar-refractivity contribution is 5.33. The number of alkyl halides is 1. The van der Waals surface area contributed by atoms with Gasteiger partial charge in [-0.3, -0.25) is 0 Å². The van der Waals surface area contributed by atoms with Crippen LogP contribution in [-0.4, -0.2) is 13.3 Å². The van der Waals surface area contributed by atoms with E-state index in [0.717, 1.165) is 0 Å². The van der Waals surface area contributed by atoms with Crippen LogP contribution < -0.4 is 4.74 Å². The van der Waals surface area contributed by atoms with E-state index >= 15 is 0 Å². The molecule has 1 nitrogen and oxygen atoms in total. The minimum absolute atomic E-state index is 0.00914. The van der Waals surface area contributed by atoms with Crippen LogP contribution in [0.1, 0.15) is 26.3 Å². The number of benzene rings is 1. The molecule has 0 saturated carbocycles. The van der Waals surface area contributed by atoms with E-state index in [-0.39, 0.29) is 17.8 Å². The average Bonchev–Trinajstić information content (AvgIpc) is 2.15. The summed E-state index contributed by atoms with van der Waals surface area (Å²) in [4.78, 5) is 0. The molecule has 0 aliphatic heterocycles. The van der Waals surface area contributed by atoms with Gasteiger partial charge in [-0.05, 0) is 29.2 Å². The van der Waals surface area contributed by atoms with Gasteiger partial charge in [-0.15, -0.1) is 0 Å². The smallest absolute Gasteiger partial charge is 0.127 e. The second kappa shape index (κ2) is 4.60. The Balaban J connectivity index is 2.95. The molecule has 3 heteroatoms. The number of rotatable bonds is 3. The maximum Gasteiger partial charge on any atom is 0.127 e. The van der Waals surface area contributed by atoms with Gasteiger partial charge in [-0.2, -0.15) is 0 Å². The third-order valence-electron chi connectivity index (χ3n) is 2.09. The summed E-state index contributed by atoms with van der Waals surface area (Å²) >= 11 is 0. The maximum atomic E-state index is 13.5. The molecule has 0 radical (unpaired) electrons. The minimum Gasteiger partial charge on any atom is -0.491 e. The Morgan fingerprint density at radius 3 is 2.47 bits per heavy atom. The number of hydrogen-bond acceptors (Lipinski definition) is 1. The predicted molar refractivity (Wildman–Crippen MR) is 56.6 cm³/mol. The van der Waals surface area contributed by atoms with Crippen LogP contribution in [0.15, 0.2) is 18.2 Å². The summed E-state index contributed by atoms with van der Waals surface area (Å²) in [5.41, 5.74) is 0.304. The molecule has 0 bridgehead atoms. The molecule has 1 aromatic rings. The van der Waals surface area contributed by atoms with E-state index in [1.165, 1.54) is 12.1 Å². The second-order valence-corrected chi connectivity index (χ2v) is 4.43. The molecule has 0 aliphatic carbocycles. The lowest BCUT2D eigenvalue weighted by molar-refractivity contribution is 0.272. The van der Waals surface area contributed by atoms with Gasteiger partial charge in [-0.1, -0.05) is 20.8 Å². The molecule has 84 valence electrons. The Bertz CT molecular complexity index is 329. The molecule has 15 heavy (non-hydrogen) atoms. The van der Waals surface area contributed by atoms with Gasteiger partial charge in [-0.25, -0.2) is 8.78 Å². The predicted octanol–water partition coefficient (Wildman–Crippen LogP) is 3.47. The molecular formula is C12H16F2O. The van der Waals surface area contributed by atoms with Crippen LogP contribution in [0.3, 0.4) is 0 Å². The fraction of sp³-hybridized carbons (Fsp3) is 0.500. The second-order valence-electron chi connectivity index (χ2n) is 4.43. The van der Waals surface area contributed by atoms with Gasteiger partial charge in [0.25, 0.3) is 0 Å². The lowest BCUT2D eigenvalue weighted by Crippen LogP contribution is -2.14. The summed E-state index contributed by atoms with van der Waals surface area (Å²) in [6.45, 7) is 5.23. The van der Waals surface area contributed by atoms with E-state index in [1.54, 1.807) is 6.07 Å². The van der Waals surface area contributed by atoms with E-state index in [0.29, 0.717) is 11.3 Å². The van der Waals surface area contributed by atoms with Crippen molar-refractivity contribution in [1.29, 1.82) is 0 Å². The van der Waals surface area contributed by atoms with Crippen molar-refractivity contribution >= 4 is 0 Å². The molecule has 0 heterocycles. The number of ether oxygens (including phenoxy) is 1. The number of halogens is 2. The van der Waals surface area contributed by atoms with Gasteiger partial charge >= 0.3 is 0 Å². The van der Waals surface area contributed by atoms with Crippen LogP contribution in [0.25, 0.3) is 0 Å². The summed E-state index contributed by atoms with van der Waals surface area (Å²) in [7, 11) is 0. The van der Waals surface area contributed by atoms with Crippen LogP contribution in [0.2, 0.25) is 0 Å². The van der Waals surface area contributed by atoms with E-state index in [2.05, 4.69) is 0 Å². The highest BCUT2D eigenvalue weighted by atomic mass is 19.1. The molecule has 0 atom stereocenters. The van der Waals surface area contributed by atoms with Crippen molar-refractivity contribution in [2.75, 3.05) is 13.3 Å². The topological polar surface area (TPSA) is 9.23 Å². The van der Waals surface area contributed by atoms with Crippen molar-refractivity contribution in [3.63, 3.8) is 0 Å². The fourth-order valence-electron chi connectivity index (χ4n) is 1.33. The van der Waals surface area contributed by atoms with E-state index < -0.39 is 6.67 Å². The summed E-state index contributed by atoms with van der Waals surface area (Å²) in [5.74, 6) is 0.258. The van der Waals surface area contributed by atoms with Crippen molar-refractivity contribution in [2.24, 2.45) is 0 Å². The van der Waals surface area contributed by atoms with Crippen LogP contribution in [0.4, 0.5) is 8.78 Å². The normalized spacial score (nSPS) is 11.5. The molecule has 0 unspecified atom stereocenters. The van der Waals surface area contributed by atoms with Crippen molar-refractivity contribution in [2.45, 2.75) is 26.2 Å². The quantitative estimate of drug-likeness (QED) is 0.748. The average molecular weight is 214 g/mol. The first-order valence-corrected chi connectivity index (χ1v) is 4.94. The van der Waals surface area contributed by atoms with Crippen LogP contribution in [0.5, 0.6) is 5.75 Å². The lowest BCUT2D eigenvalue weighted by atomic mass is 9.86. The van der Waals surface area contributed by atoms with Crippen molar-refractivity contribution < 1.29 is 13.5 Å². The molecule has 1 aromatic carbocycles. The van der Waals surface area contributed by atoms with Crippen molar-refractivity contribution in [1.82, 2.24) is 0 Å². The SMILES string of the molecule is CC(C)(C)c1cc(OCCF)ccc1F.